The van der Waals surface area contributed by atoms with Crippen molar-refractivity contribution in [2.75, 3.05) is 23.9 Å². The summed E-state index contributed by atoms with van der Waals surface area (Å²) in [6, 6.07) is 4.39. The van der Waals surface area contributed by atoms with Crippen LogP contribution in [0.3, 0.4) is 0 Å². The van der Waals surface area contributed by atoms with Gasteiger partial charge in [0.2, 0.25) is 5.91 Å². The van der Waals surface area contributed by atoms with Crippen LogP contribution in [0.1, 0.15) is 41.0 Å². The van der Waals surface area contributed by atoms with Crippen molar-refractivity contribution >= 4 is 29.3 Å². The maximum absolute atomic E-state index is 12.9. The Morgan fingerprint density at radius 2 is 2.00 bits per heavy atom. The van der Waals surface area contributed by atoms with Gasteiger partial charge < -0.3 is 25.0 Å². The summed E-state index contributed by atoms with van der Waals surface area (Å²) in [7, 11) is 1.65. The quantitative estimate of drug-likeness (QED) is 0.804. The molecule has 0 aromatic heterocycles. The summed E-state index contributed by atoms with van der Waals surface area (Å²) in [5.74, 6) is -0.229. The van der Waals surface area contributed by atoms with Crippen molar-refractivity contribution in [1.29, 1.82) is 0 Å². The number of carbonyl (C=O) groups excluding carboxylic acids is 3. The van der Waals surface area contributed by atoms with Crippen molar-refractivity contribution in [2.24, 2.45) is 5.92 Å². The molecule has 154 valence electrons. The first-order chi connectivity index (χ1) is 13.0. The van der Waals surface area contributed by atoms with Gasteiger partial charge in [-0.1, -0.05) is 26.3 Å². The standard InChI is InChI=1S/C20H29N3O5/c1-7-12(2)16(22-19(26)28-20(3,4)5)18(25)21-13-9-8-10-14-17(13)27-11-15(24)23(14)6/h8-10,12,16H,7,11H2,1-6H3,(H,21,25)(H,22,26). The molecule has 28 heavy (non-hydrogen) atoms. The summed E-state index contributed by atoms with van der Waals surface area (Å²) in [6.07, 6.45) is 0.0405. The lowest BCUT2D eigenvalue weighted by Gasteiger charge is -2.29. The number of para-hydroxylation sites is 1. The smallest absolute Gasteiger partial charge is 0.408 e. The second kappa shape index (κ2) is 8.50. The molecule has 0 radical (unpaired) electrons. The maximum atomic E-state index is 12.9. The number of anilines is 2. The molecule has 1 aromatic rings. The molecule has 0 bridgehead atoms. The number of ether oxygens (including phenoxy) is 2. The first-order valence-corrected chi connectivity index (χ1v) is 9.36. The average molecular weight is 391 g/mol. The number of hydrogen-bond acceptors (Lipinski definition) is 5. The molecule has 0 aliphatic carbocycles. The van der Waals surface area contributed by atoms with Gasteiger partial charge in [0.05, 0.1) is 11.4 Å². The van der Waals surface area contributed by atoms with E-state index in [9.17, 15) is 14.4 Å². The topological polar surface area (TPSA) is 97.0 Å². The summed E-state index contributed by atoms with van der Waals surface area (Å²) in [5, 5.41) is 5.48. The third kappa shape index (κ3) is 5.15. The zero-order valence-corrected chi connectivity index (χ0v) is 17.3. The SMILES string of the molecule is CCC(C)C(NC(=O)OC(C)(C)C)C(=O)Nc1cccc2c1OCC(=O)N2C. The van der Waals surface area contributed by atoms with Crippen molar-refractivity contribution in [1.82, 2.24) is 5.32 Å². The van der Waals surface area contributed by atoms with E-state index in [-0.39, 0.29) is 24.3 Å². The van der Waals surface area contributed by atoms with Crippen molar-refractivity contribution in [3.8, 4) is 5.75 Å². The Morgan fingerprint density at radius 1 is 1.32 bits per heavy atom. The highest BCUT2D eigenvalue weighted by Gasteiger charge is 2.30. The maximum Gasteiger partial charge on any atom is 0.408 e. The zero-order chi connectivity index (χ0) is 21.1. The Hall–Kier alpha value is -2.77. The van der Waals surface area contributed by atoms with Gasteiger partial charge in [-0.2, -0.15) is 0 Å². The van der Waals surface area contributed by atoms with Crippen LogP contribution in [0.4, 0.5) is 16.2 Å². The van der Waals surface area contributed by atoms with Crippen LogP contribution in [0.5, 0.6) is 5.75 Å². The van der Waals surface area contributed by atoms with Crippen LogP contribution >= 0.6 is 0 Å². The molecule has 1 heterocycles. The number of alkyl carbamates (subject to hydrolysis) is 1. The van der Waals surface area contributed by atoms with Crippen LogP contribution in [-0.2, 0) is 14.3 Å². The van der Waals surface area contributed by atoms with E-state index in [1.807, 2.05) is 13.8 Å². The number of carbonyl (C=O) groups is 3. The Morgan fingerprint density at radius 3 is 2.61 bits per heavy atom. The van der Waals surface area contributed by atoms with Gasteiger partial charge >= 0.3 is 6.09 Å². The molecule has 1 aliphatic heterocycles. The van der Waals surface area contributed by atoms with E-state index in [1.165, 1.54) is 4.90 Å². The summed E-state index contributed by atoms with van der Waals surface area (Å²) < 4.78 is 10.8. The second-order valence-corrected chi connectivity index (χ2v) is 7.89. The highest BCUT2D eigenvalue weighted by atomic mass is 16.6. The van der Waals surface area contributed by atoms with E-state index in [0.717, 1.165) is 0 Å². The van der Waals surface area contributed by atoms with Crippen molar-refractivity contribution < 1.29 is 23.9 Å². The minimum absolute atomic E-state index is 0.0959. The van der Waals surface area contributed by atoms with E-state index < -0.39 is 17.7 Å². The van der Waals surface area contributed by atoms with Gasteiger partial charge in [-0.3, -0.25) is 9.59 Å². The van der Waals surface area contributed by atoms with E-state index in [2.05, 4.69) is 10.6 Å². The molecule has 8 heteroatoms. The first-order valence-electron chi connectivity index (χ1n) is 9.36. The third-order valence-corrected chi connectivity index (χ3v) is 4.50. The minimum Gasteiger partial charge on any atom is -0.479 e. The van der Waals surface area contributed by atoms with Gasteiger partial charge in [0.1, 0.15) is 11.6 Å². The molecule has 2 atom stereocenters. The van der Waals surface area contributed by atoms with Crippen molar-refractivity contribution in [3.63, 3.8) is 0 Å². The van der Waals surface area contributed by atoms with Gasteiger partial charge in [-0.25, -0.2) is 4.79 Å². The lowest BCUT2D eigenvalue weighted by atomic mass is 9.98. The predicted octanol–water partition coefficient (Wildman–Crippen LogP) is 2.92. The lowest BCUT2D eigenvalue weighted by Crippen LogP contribution is -2.49. The van der Waals surface area contributed by atoms with Gasteiger partial charge in [0.15, 0.2) is 12.4 Å². The van der Waals surface area contributed by atoms with E-state index in [1.54, 1.807) is 46.0 Å². The van der Waals surface area contributed by atoms with Crippen molar-refractivity contribution in [2.45, 2.75) is 52.7 Å². The Labute approximate surface area is 165 Å². The number of hydrogen-bond donors (Lipinski definition) is 2. The molecule has 1 aromatic carbocycles. The van der Waals surface area contributed by atoms with Crippen molar-refractivity contribution in [3.05, 3.63) is 18.2 Å². The third-order valence-electron chi connectivity index (χ3n) is 4.50. The van der Waals surface area contributed by atoms with Crippen LogP contribution in [0.15, 0.2) is 18.2 Å². The first kappa shape index (κ1) is 21.5. The summed E-state index contributed by atoms with van der Waals surface area (Å²) in [5.41, 5.74) is 0.361. The predicted molar refractivity (Wildman–Crippen MR) is 107 cm³/mol. The molecular formula is C20H29N3O5. The van der Waals surface area contributed by atoms with Crippen LogP contribution in [0, 0.1) is 5.92 Å². The van der Waals surface area contributed by atoms with Crippen LogP contribution in [-0.4, -0.2) is 43.2 Å². The molecule has 2 rings (SSSR count). The van der Waals surface area contributed by atoms with Crippen LogP contribution in [0.2, 0.25) is 0 Å². The fourth-order valence-electron chi connectivity index (χ4n) is 2.75. The van der Waals surface area contributed by atoms with E-state index >= 15 is 0 Å². The van der Waals surface area contributed by atoms with Gasteiger partial charge in [0, 0.05) is 7.05 Å². The molecular weight excluding hydrogens is 362 g/mol. The summed E-state index contributed by atoms with van der Waals surface area (Å²) in [6.45, 7) is 9.00. The number of nitrogens with one attached hydrogen (secondary N) is 2. The Bertz CT molecular complexity index is 757. The van der Waals surface area contributed by atoms with Gasteiger partial charge in [-0.15, -0.1) is 0 Å². The normalized spacial score (nSPS) is 15.8. The monoisotopic (exact) mass is 391 g/mol. The van der Waals surface area contributed by atoms with Gasteiger partial charge in [-0.05, 0) is 38.8 Å². The molecule has 0 saturated carbocycles. The van der Waals surface area contributed by atoms with Crippen LogP contribution in [0.25, 0.3) is 0 Å². The second-order valence-electron chi connectivity index (χ2n) is 7.89. The fourth-order valence-corrected chi connectivity index (χ4v) is 2.75. The minimum atomic E-state index is -0.779. The summed E-state index contributed by atoms with van der Waals surface area (Å²) in [4.78, 5) is 38.4. The molecule has 8 nitrogen and oxygen atoms in total. The number of likely N-dealkylation sites (N-methyl/N-ethyl adjacent to an activating group) is 1. The summed E-state index contributed by atoms with van der Waals surface area (Å²) >= 11 is 0. The highest BCUT2D eigenvalue weighted by Crippen LogP contribution is 2.38. The highest BCUT2D eigenvalue weighted by molar-refractivity contribution is 6.02. The van der Waals surface area contributed by atoms with E-state index in [4.69, 9.17) is 9.47 Å². The number of rotatable bonds is 5. The molecule has 3 amide bonds. The fraction of sp³-hybridized carbons (Fsp3) is 0.550. The Kier molecular flexibility index (Phi) is 6.53. The average Bonchev–Trinajstić information content (AvgIpc) is 2.61. The molecule has 2 unspecified atom stereocenters. The van der Waals surface area contributed by atoms with E-state index in [0.29, 0.717) is 23.5 Å². The molecule has 0 fully saturated rings. The largest absolute Gasteiger partial charge is 0.479 e. The zero-order valence-electron chi connectivity index (χ0n) is 17.3. The number of nitrogens with zero attached hydrogens (tertiary/aromatic N) is 1. The number of fused-ring (bicyclic) bond motifs is 1. The molecule has 1 aliphatic rings. The number of benzene rings is 1. The molecule has 2 N–H and O–H groups in total. The lowest BCUT2D eigenvalue weighted by molar-refractivity contribution is -0.121. The Balaban J connectivity index is 2.20. The number of amides is 3. The van der Waals surface area contributed by atoms with Crippen LogP contribution < -0.4 is 20.3 Å². The van der Waals surface area contributed by atoms with Gasteiger partial charge in [0.25, 0.3) is 5.91 Å². The molecule has 0 spiro atoms. The molecule has 0 saturated heterocycles.